The van der Waals surface area contributed by atoms with Crippen molar-refractivity contribution in [1.82, 2.24) is 4.90 Å². The SMILES string of the molecule is CN1CCC([C@@H](C#N)c2ccccc2)CC1. The molecule has 1 heterocycles. The Bertz CT molecular complexity index is 358. The smallest absolute Gasteiger partial charge is 0.0741 e. The molecule has 0 bridgehead atoms. The minimum atomic E-state index is 0.0786. The fourth-order valence-corrected chi connectivity index (χ4v) is 2.47. The molecule has 1 atom stereocenters. The summed E-state index contributed by atoms with van der Waals surface area (Å²) in [4.78, 5) is 2.34. The van der Waals surface area contributed by atoms with Crippen LogP contribution in [0.3, 0.4) is 0 Å². The molecule has 16 heavy (non-hydrogen) atoms. The molecule has 1 saturated heterocycles. The topological polar surface area (TPSA) is 27.0 Å². The van der Waals surface area contributed by atoms with Gasteiger partial charge in [-0.25, -0.2) is 0 Å². The number of nitrogens with zero attached hydrogens (tertiary/aromatic N) is 2. The highest BCUT2D eigenvalue weighted by atomic mass is 15.1. The number of hydrogen-bond donors (Lipinski definition) is 0. The van der Waals surface area contributed by atoms with Crippen LogP contribution in [-0.4, -0.2) is 25.0 Å². The zero-order valence-corrected chi connectivity index (χ0v) is 9.76. The number of benzene rings is 1. The third-order valence-corrected chi connectivity index (χ3v) is 3.53. The van der Waals surface area contributed by atoms with E-state index in [0.29, 0.717) is 5.92 Å². The molecule has 1 aromatic rings. The lowest BCUT2D eigenvalue weighted by Gasteiger charge is -2.31. The van der Waals surface area contributed by atoms with E-state index in [2.05, 4.69) is 30.1 Å². The van der Waals surface area contributed by atoms with Crippen LogP contribution < -0.4 is 0 Å². The van der Waals surface area contributed by atoms with Crippen molar-refractivity contribution >= 4 is 0 Å². The molecule has 0 N–H and O–H groups in total. The highest BCUT2D eigenvalue weighted by Crippen LogP contribution is 2.31. The number of nitriles is 1. The molecule has 0 spiro atoms. The second-order valence-corrected chi connectivity index (χ2v) is 4.66. The summed E-state index contributed by atoms with van der Waals surface area (Å²) in [7, 11) is 2.15. The van der Waals surface area contributed by atoms with E-state index in [9.17, 15) is 5.26 Å². The van der Waals surface area contributed by atoms with E-state index < -0.39 is 0 Å². The number of likely N-dealkylation sites (tertiary alicyclic amines) is 1. The van der Waals surface area contributed by atoms with Crippen LogP contribution in [0, 0.1) is 17.2 Å². The Hall–Kier alpha value is -1.33. The van der Waals surface area contributed by atoms with Crippen LogP contribution in [0.1, 0.15) is 24.3 Å². The molecule has 2 nitrogen and oxygen atoms in total. The third-order valence-electron chi connectivity index (χ3n) is 3.53. The van der Waals surface area contributed by atoms with Crippen LogP contribution in [0.5, 0.6) is 0 Å². The van der Waals surface area contributed by atoms with Crippen LogP contribution in [-0.2, 0) is 0 Å². The van der Waals surface area contributed by atoms with E-state index >= 15 is 0 Å². The van der Waals surface area contributed by atoms with E-state index in [0.717, 1.165) is 25.9 Å². The van der Waals surface area contributed by atoms with Gasteiger partial charge in [-0.3, -0.25) is 0 Å². The maximum absolute atomic E-state index is 9.33. The summed E-state index contributed by atoms with van der Waals surface area (Å²) in [6.07, 6.45) is 2.28. The van der Waals surface area contributed by atoms with E-state index in [1.807, 2.05) is 18.2 Å². The van der Waals surface area contributed by atoms with Gasteiger partial charge in [0.05, 0.1) is 12.0 Å². The predicted molar refractivity (Wildman–Crippen MR) is 65.0 cm³/mol. The summed E-state index contributed by atoms with van der Waals surface area (Å²) in [5.41, 5.74) is 1.18. The fourth-order valence-electron chi connectivity index (χ4n) is 2.47. The van der Waals surface area contributed by atoms with E-state index in [-0.39, 0.29) is 5.92 Å². The molecular formula is C14H18N2. The van der Waals surface area contributed by atoms with Crippen LogP contribution in [0.4, 0.5) is 0 Å². The summed E-state index contributed by atoms with van der Waals surface area (Å²) in [5.74, 6) is 0.610. The number of hydrogen-bond acceptors (Lipinski definition) is 2. The standard InChI is InChI=1S/C14H18N2/c1-16-9-7-13(8-10-16)14(11-15)12-5-3-2-4-6-12/h2-6,13-14H,7-10H2,1H3/t14-/m0/s1. The molecule has 1 fully saturated rings. The van der Waals surface area contributed by atoms with Gasteiger partial charge in [0, 0.05) is 0 Å². The first-order valence-electron chi connectivity index (χ1n) is 5.94. The van der Waals surface area contributed by atoms with Crippen molar-refractivity contribution < 1.29 is 0 Å². The van der Waals surface area contributed by atoms with Crippen molar-refractivity contribution in [1.29, 1.82) is 5.26 Å². The lowest BCUT2D eigenvalue weighted by atomic mass is 9.81. The largest absolute Gasteiger partial charge is 0.306 e. The summed E-state index contributed by atoms with van der Waals surface area (Å²) < 4.78 is 0. The molecule has 1 aliphatic rings. The Morgan fingerprint density at radius 1 is 1.25 bits per heavy atom. The van der Waals surface area contributed by atoms with Crippen LogP contribution >= 0.6 is 0 Å². The molecular weight excluding hydrogens is 196 g/mol. The molecule has 84 valence electrons. The van der Waals surface area contributed by atoms with Gasteiger partial charge >= 0.3 is 0 Å². The Labute approximate surface area is 97.5 Å². The molecule has 1 aliphatic heterocycles. The van der Waals surface area contributed by atoms with Gasteiger partial charge in [-0.05, 0) is 44.5 Å². The summed E-state index contributed by atoms with van der Waals surface area (Å²) >= 11 is 0. The summed E-state index contributed by atoms with van der Waals surface area (Å²) in [5, 5.41) is 9.33. The average molecular weight is 214 g/mol. The molecule has 0 aliphatic carbocycles. The van der Waals surface area contributed by atoms with Gasteiger partial charge in [-0.2, -0.15) is 5.26 Å². The van der Waals surface area contributed by atoms with E-state index in [1.54, 1.807) is 0 Å². The van der Waals surface area contributed by atoms with Gasteiger partial charge in [0.2, 0.25) is 0 Å². The van der Waals surface area contributed by atoms with Crippen molar-refractivity contribution in [3.8, 4) is 6.07 Å². The Balaban J connectivity index is 2.09. The van der Waals surface area contributed by atoms with Crippen molar-refractivity contribution in [2.45, 2.75) is 18.8 Å². The molecule has 0 aromatic heterocycles. The molecule has 2 rings (SSSR count). The third kappa shape index (κ3) is 2.43. The second-order valence-electron chi connectivity index (χ2n) is 4.66. The minimum Gasteiger partial charge on any atom is -0.306 e. The fraction of sp³-hybridized carbons (Fsp3) is 0.500. The maximum atomic E-state index is 9.33. The minimum absolute atomic E-state index is 0.0786. The van der Waals surface area contributed by atoms with Gasteiger partial charge in [0.15, 0.2) is 0 Å². The zero-order valence-electron chi connectivity index (χ0n) is 9.76. The van der Waals surface area contributed by atoms with Gasteiger partial charge in [-0.1, -0.05) is 30.3 Å². The number of rotatable bonds is 2. The summed E-state index contributed by atoms with van der Waals surface area (Å²) in [6.45, 7) is 2.24. The average Bonchev–Trinajstić information content (AvgIpc) is 2.34. The quantitative estimate of drug-likeness (QED) is 0.756. The van der Waals surface area contributed by atoms with Crippen molar-refractivity contribution in [2.75, 3.05) is 20.1 Å². The maximum Gasteiger partial charge on any atom is 0.0741 e. The Kier molecular flexibility index (Phi) is 3.58. The molecule has 0 saturated carbocycles. The zero-order chi connectivity index (χ0) is 11.4. The first-order chi connectivity index (χ1) is 7.81. The molecule has 0 radical (unpaired) electrons. The lowest BCUT2D eigenvalue weighted by molar-refractivity contribution is 0.210. The van der Waals surface area contributed by atoms with E-state index in [1.165, 1.54) is 5.56 Å². The Morgan fingerprint density at radius 2 is 1.88 bits per heavy atom. The van der Waals surface area contributed by atoms with Gasteiger partial charge in [0.25, 0.3) is 0 Å². The molecule has 0 amide bonds. The first-order valence-corrected chi connectivity index (χ1v) is 5.94. The predicted octanol–water partition coefficient (Wildman–Crippen LogP) is 2.64. The van der Waals surface area contributed by atoms with Gasteiger partial charge < -0.3 is 4.90 Å². The highest BCUT2D eigenvalue weighted by Gasteiger charge is 2.26. The monoisotopic (exact) mass is 214 g/mol. The van der Waals surface area contributed by atoms with Gasteiger partial charge in [-0.15, -0.1) is 0 Å². The van der Waals surface area contributed by atoms with Crippen LogP contribution in [0.25, 0.3) is 0 Å². The van der Waals surface area contributed by atoms with Gasteiger partial charge in [0.1, 0.15) is 0 Å². The number of piperidine rings is 1. The summed E-state index contributed by atoms with van der Waals surface area (Å²) in [6, 6.07) is 12.7. The molecule has 1 aromatic carbocycles. The van der Waals surface area contributed by atoms with Crippen molar-refractivity contribution in [2.24, 2.45) is 5.92 Å². The lowest BCUT2D eigenvalue weighted by Crippen LogP contribution is -2.32. The molecule has 2 heteroatoms. The van der Waals surface area contributed by atoms with E-state index in [4.69, 9.17) is 0 Å². The van der Waals surface area contributed by atoms with Crippen LogP contribution in [0.15, 0.2) is 30.3 Å². The normalized spacial score (nSPS) is 20.2. The van der Waals surface area contributed by atoms with Crippen molar-refractivity contribution in [3.63, 3.8) is 0 Å². The van der Waals surface area contributed by atoms with Crippen molar-refractivity contribution in [3.05, 3.63) is 35.9 Å². The second kappa shape index (κ2) is 5.14. The Morgan fingerprint density at radius 3 is 2.44 bits per heavy atom. The van der Waals surface area contributed by atoms with Crippen LogP contribution in [0.2, 0.25) is 0 Å². The molecule has 0 unspecified atom stereocenters. The first kappa shape index (κ1) is 11.2. The highest BCUT2D eigenvalue weighted by molar-refractivity contribution is 5.25.